The van der Waals surface area contributed by atoms with Crippen molar-refractivity contribution in [3.8, 4) is 0 Å². The lowest BCUT2D eigenvalue weighted by Gasteiger charge is -2.35. The number of anilines is 1. The average molecular weight is 442 g/mol. The van der Waals surface area contributed by atoms with Gasteiger partial charge in [-0.3, -0.25) is 4.79 Å². The summed E-state index contributed by atoms with van der Waals surface area (Å²) in [5.74, 6) is -0.101. The van der Waals surface area contributed by atoms with Crippen LogP contribution in [0.2, 0.25) is 0 Å². The maximum absolute atomic E-state index is 12.9. The molecule has 2 rings (SSSR count). The number of carbonyl (C=O) groups excluding carboxylic acids is 1. The molecule has 0 saturated carbocycles. The molecule has 0 aromatic heterocycles. The van der Waals surface area contributed by atoms with E-state index in [-0.39, 0.29) is 37.7 Å². The summed E-state index contributed by atoms with van der Waals surface area (Å²) in [4.78, 5) is 13.2. The molecule has 1 fully saturated rings. The second-order valence-electron chi connectivity index (χ2n) is 6.39. The number of piperazine rings is 1. The number of nitrogens with zero attached hydrogens (tertiary/aromatic N) is 2. The molecule has 1 aromatic carbocycles. The highest BCUT2D eigenvalue weighted by Crippen LogP contribution is 2.31. The molecule has 0 radical (unpaired) electrons. The first kappa shape index (κ1) is 22.8. The van der Waals surface area contributed by atoms with E-state index in [2.05, 4.69) is 5.32 Å². The van der Waals surface area contributed by atoms with Gasteiger partial charge in [0.15, 0.2) is 0 Å². The Balaban J connectivity index is 1.86. The van der Waals surface area contributed by atoms with Crippen molar-refractivity contribution >= 4 is 33.2 Å². The van der Waals surface area contributed by atoms with Crippen LogP contribution in [-0.4, -0.2) is 63.0 Å². The Labute approximate surface area is 167 Å². The standard InChI is InChI=1S/C17H23ClF3N3O3S/c18-6-2-5-16(25)22-7-12-28(26,27)24-10-8-23(9-11-24)15-4-1-3-14(13-15)17(19,20)21/h1,3-4,13H,2,5-12H2,(H,22,25). The summed E-state index contributed by atoms with van der Waals surface area (Å²) in [7, 11) is -3.55. The summed E-state index contributed by atoms with van der Waals surface area (Å²) in [6, 6.07) is 5.00. The number of benzene rings is 1. The topological polar surface area (TPSA) is 69.7 Å². The maximum atomic E-state index is 12.9. The van der Waals surface area contributed by atoms with Crippen molar-refractivity contribution in [1.29, 1.82) is 0 Å². The average Bonchev–Trinajstić information content (AvgIpc) is 2.66. The largest absolute Gasteiger partial charge is 0.416 e. The van der Waals surface area contributed by atoms with E-state index in [1.807, 2.05) is 0 Å². The zero-order valence-electron chi connectivity index (χ0n) is 15.2. The van der Waals surface area contributed by atoms with E-state index in [0.717, 1.165) is 12.1 Å². The number of sulfonamides is 1. The molecule has 28 heavy (non-hydrogen) atoms. The minimum Gasteiger partial charge on any atom is -0.369 e. The predicted molar refractivity (Wildman–Crippen MR) is 102 cm³/mol. The van der Waals surface area contributed by atoms with Gasteiger partial charge < -0.3 is 10.2 Å². The number of hydrogen-bond donors (Lipinski definition) is 1. The smallest absolute Gasteiger partial charge is 0.369 e. The third kappa shape index (κ3) is 6.52. The number of carbonyl (C=O) groups is 1. The molecule has 0 aliphatic carbocycles. The second kappa shape index (κ2) is 9.80. The third-order valence-corrected chi connectivity index (χ3v) is 6.53. The van der Waals surface area contributed by atoms with Crippen LogP contribution in [0.5, 0.6) is 0 Å². The van der Waals surface area contributed by atoms with Crippen molar-refractivity contribution in [3.05, 3.63) is 29.8 Å². The van der Waals surface area contributed by atoms with Gasteiger partial charge >= 0.3 is 6.18 Å². The normalized spacial score (nSPS) is 16.2. The van der Waals surface area contributed by atoms with Crippen LogP contribution in [0, 0.1) is 0 Å². The second-order valence-corrected chi connectivity index (χ2v) is 8.86. The van der Waals surface area contributed by atoms with Crippen LogP contribution >= 0.6 is 11.6 Å². The number of halogens is 4. The quantitative estimate of drug-likeness (QED) is 0.628. The number of rotatable bonds is 8. The van der Waals surface area contributed by atoms with Crippen LogP contribution in [0.15, 0.2) is 24.3 Å². The highest BCUT2D eigenvalue weighted by atomic mass is 35.5. The first-order valence-corrected chi connectivity index (χ1v) is 11.0. The van der Waals surface area contributed by atoms with Gasteiger partial charge in [-0.1, -0.05) is 6.07 Å². The SMILES string of the molecule is O=C(CCCCl)NCCS(=O)(=O)N1CCN(c2cccc(C(F)(F)F)c2)CC1. The lowest BCUT2D eigenvalue weighted by atomic mass is 10.1. The monoisotopic (exact) mass is 441 g/mol. The van der Waals surface area contributed by atoms with Gasteiger partial charge in [0.2, 0.25) is 15.9 Å². The minimum absolute atomic E-state index is 0.0112. The lowest BCUT2D eigenvalue weighted by molar-refractivity contribution is -0.137. The van der Waals surface area contributed by atoms with Crippen LogP contribution < -0.4 is 10.2 Å². The summed E-state index contributed by atoms with van der Waals surface area (Å²) < 4.78 is 64.7. The first-order chi connectivity index (χ1) is 13.1. The highest BCUT2D eigenvalue weighted by molar-refractivity contribution is 7.89. The lowest BCUT2D eigenvalue weighted by Crippen LogP contribution is -2.50. The Kier molecular flexibility index (Phi) is 7.97. The van der Waals surface area contributed by atoms with Gasteiger partial charge in [0, 0.05) is 50.7 Å². The van der Waals surface area contributed by atoms with E-state index in [1.165, 1.54) is 10.4 Å². The van der Waals surface area contributed by atoms with Crippen molar-refractivity contribution in [2.24, 2.45) is 0 Å². The summed E-state index contributed by atoms with van der Waals surface area (Å²) in [6.45, 7) is 0.958. The molecule has 11 heteroatoms. The van der Waals surface area contributed by atoms with Crippen LogP contribution in [0.3, 0.4) is 0 Å². The molecule has 1 aliphatic rings. The van der Waals surface area contributed by atoms with E-state index >= 15 is 0 Å². The number of amides is 1. The van der Waals surface area contributed by atoms with Crippen molar-refractivity contribution in [2.75, 3.05) is 49.3 Å². The number of alkyl halides is 4. The van der Waals surface area contributed by atoms with E-state index < -0.39 is 21.8 Å². The molecular weight excluding hydrogens is 419 g/mol. The van der Waals surface area contributed by atoms with Crippen LogP contribution in [0.25, 0.3) is 0 Å². The maximum Gasteiger partial charge on any atom is 0.416 e. The molecule has 6 nitrogen and oxygen atoms in total. The Hall–Kier alpha value is -1.52. The molecule has 1 amide bonds. The molecule has 0 unspecified atom stereocenters. The van der Waals surface area contributed by atoms with Crippen molar-refractivity contribution in [2.45, 2.75) is 19.0 Å². The summed E-state index contributed by atoms with van der Waals surface area (Å²) in [5.41, 5.74) is -0.316. The fraction of sp³-hybridized carbons (Fsp3) is 0.588. The fourth-order valence-electron chi connectivity index (χ4n) is 2.87. The molecule has 1 heterocycles. The van der Waals surface area contributed by atoms with Crippen LogP contribution in [-0.2, 0) is 21.0 Å². The van der Waals surface area contributed by atoms with Gasteiger partial charge in [-0.25, -0.2) is 8.42 Å². The predicted octanol–water partition coefficient (Wildman–Crippen LogP) is 2.29. The first-order valence-electron chi connectivity index (χ1n) is 8.86. The van der Waals surface area contributed by atoms with Crippen LogP contribution in [0.1, 0.15) is 18.4 Å². The highest BCUT2D eigenvalue weighted by Gasteiger charge is 2.32. The van der Waals surface area contributed by atoms with E-state index in [9.17, 15) is 26.4 Å². The summed E-state index contributed by atoms with van der Waals surface area (Å²) >= 11 is 5.50. The van der Waals surface area contributed by atoms with Crippen molar-refractivity contribution in [1.82, 2.24) is 9.62 Å². The Morgan fingerprint density at radius 1 is 1.18 bits per heavy atom. The van der Waals surface area contributed by atoms with Crippen molar-refractivity contribution in [3.63, 3.8) is 0 Å². The molecule has 0 atom stereocenters. The Morgan fingerprint density at radius 3 is 2.46 bits per heavy atom. The molecular formula is C17H23ClF3N3O3S. The van der Waals surface area contributed by atoms with Gasteiger partial charge in [-0.15, -0.1) is 11.6 Å². The minimum atomic E-state index is -4.42. The number of nitrogens with one attached hydrogen (secondary N) is 1. The van der Waals surface area contributed by atoms with Gasteiger partial charge in [0.25, 0.3) is 0 Å². The zero-order valence-corrected chi connectivity index (χ0v) is 16.8. The molecule has 0 spiro atoms. The molecule has 1 N–H and O–H groups in total. The van der Waals surface area contributed by atoms with E-state index in [4.69, 9.17) is 11.6 Å². The van der Waals surface area contributed by atoms with Gasteiger partial charge in [-0.2, -0.15) is 17.5 Å². The molecule has 1 saturated heterocycles. The van der Waals surface area contributed by atoms with Gasteiger partial charge in [0.1, 0.15) is 0 Å². The molecule has 1 aromatic rings. The molecule has 158 valence electrons. The van der Waals surface area contributed by atoms with Gasteiger partial charge in [0.05, 0.1) is 11.3 Å². The Bertz CT molecular complexity index is 766. The van der Waals surface area contributed by atoms with Gasteiger partial charge in [-0.05, 0) is 24.6 Å². The molecule has 0 bridgehead atoms. The Morgan fingerprint density at radius 2 is 1.86 bits per heavy atom. The third-order valence-electron chi connectivity index (χ3n) is 4.39. The summed E-state index contributed by atoms with van der Waals surface area (Å²) in [5, 5.41) is 2.55. The molecule has 1 aliphatic heterocycles. The number of hydrogen-bond acceptors (Lipinski definition) is 4. The fourth-order valence-corrected chi connectivity index (χ4v) is 4.34. The van der Waals surface area contributed by atoms with E-state index in [0.29, 0.717) is 31.1 Å². The zero-order chi connectivity index (χ0) is 20.8. The van der Waals surface area contributed by atoms with Crippen molar-refractivity contribution < 1.29 is 26.4 Å². The summed E-state index contributed by atoms with van der Waals surface area (Å²) in [6.07, 6.45) is -3.65. The van der Waals surface area contributed by atoms with E-state index in [1.54, 1.807) is 11.0 Å². The van der Waals surface area contributed by atoms with Crippen LogP contribution in [0.4, 0.5) is 18.9 Å².